The van der Waals surface area contributed by atoms with Gasteiger partial charge in [0.05, 0.1) is 42.5 Å². The van der Waals surface area contributed by atoms with Gasteiger partial charge in [-0.1, -0.05) is 33.3 Å². The number of aromatic nitrogens is 1. The van der Waals surface area contributed by atoms with Gasteiger partial charge in [-0.25, -0.2) is 4.98 Å². The minimum Gasteiger partial charge on any atom is -0.493 e. The lowest BCUT2D eigenvalue weighted by Crippen LogP contribution is -2.26. The maximum atomic E-state index is 13.5. The van der Waals surface area contributed by atoms with E-state index < -0.39 is 5.91 Å². The van der Waals surface area contributed by atoms with Crippen LogP contribution in [0.2, 0.25) is 0 Å². The van der Waals surface area contributed by atoms with Crippen molar-refractivity contribution in [2.24, 2.45) is 5.10 Å². The Morgan fingerprint density at radius 1 is 1.20 bits per heavy atom. The van der Waals surface area contributed by atoms with E-state index >= 15 is 0 Å². The lowest BCUT2D eigenvalue weighted by Gasteiger charge is -2.17. The summed E-state index contributed by atoms with van der Waals surface area (Å²) in [6, 6.07) is 14.3. The number of hydrogen-bond donors (Lipinski definition) is 0. The Labute approximate surface area is 184 Å². The van der Waals surface area contributed by atoms with E-state index in [1.54, 1.807) is 30.3 Å². The molecule has 0 unspecified atom stereocenters. The topological polar surface area (TPSA) is 77.2 Å². The number of hydrazone groups is 1. The molecular formula is C21H16BrN3O4S. The minimum atomic E-state index is -0.410. The molecule has 30 heavy (non-hydrogen) atoms. The van der Waals surface area contributed by atoms with Gasteiger partial charge in [0.25, 0.3) is 5.91 Å². The number of benzene rings is 2. The summed E-state index contributed by atoms with van der Waals surface area (Å²) < 4.78 is 17.9. The summed E-state index contributed by atoms with van der Waals surface area (Å²) in [4.78, 5) is 18.1. The van der Waals surface area contributed by atoms with E-state index in [9.17, 15) is 4.79 Å². The van der Waals surface area contributed by atoms with Crippen molar-refractivity contribution >= 4 is 54.7 Å². The van der Waals surface area contributed by atoms with Gasteiger partial charge in [0.1, 0.15) is 5.76 Å². The first-order valence-corrected chi connectivity index (χ1v) is 10.4. The zero-order chi connectivity index (χ0) is 21.1. The third-order valence-electron chi connectivity index (χ3n) is 4.19. The van der Waals surface area contributed by atoms with Crippen molar-refractivity contribution in [2.75, 3.05) is 19.2 Å². The highest BCUT2D eigenvalue weighted by molar-refractivity contribution is 9.10. The lowest BCUT2D eigenvalue weighted by molar-refractivity contribution is 0.0984. The van der Waals surface area contributed by atoms with Gasteiger partial charge < -0.3 is 13.9 Å². The first kappa shape index (κ1) is 20.1. The SMILES string of the molecule is COc1cccc(C(=O)N(/N=C/c2ccco2)c2nc3ccc(Br)cc3s2)c1OC. The van der Waals surface area contributed by atoms with Crippen molar-refractivity contribution in [3.63, 3.8) is 0 Å². The number of hydrogen-bond acceptors (Lipinski definition) is 7. The molecule has 0 N–H and O–H groups in total. The summed E-state index contributed by atoms with van der Waals surface area (Å²) in [7, 11) is 3.00. The number of amides is 1. The van der Waals surface area contributed by atoms with Crippen LogP contribution in [0.1, 0.15) is 16.1 Å². The molecule has 0 aliphatic rings. The second-order valence-corrected chi connectivity index (χ2v) is 7.95. The Balaban J connectivity index is 1.81. The molecule has 0 atom stereocenters. The van der Waals surface area contributed by atoms with E-state index in [0.717, 1.165) is 14.7 Å². The zero-order valence-electron chi connectivity index (χ0n) is 16.0. The number of halogens is 1. The third kappa shape index (κ3) is 3.94. The highest BCUT2D eigenvalue weighted by Crippen LogP contribution is 2.35. The van der Waals surface area contributed by atoms with Crippen molar-refractivity contribution < 1.29 is 18.7 Å². The molecule has 0 aliphatic carbocycles. The summed E-state index contributed by atoms with van der Waals surface area (Å²) in [5.74, 6) is 0.875. The summed E-state index contributed by atoms with van der Waals surface area (Å²) in [5.41, 5.74) is 1.07. The number of nitrogens with zero attached hydrogens (tertiary/aromatic N) is 3. The number of carbonyl (C=O) groups is 1. The number of thiazole rings is 1. The summed E-state index contributed by atoms with van der Waals surface area (Å²) in [6.07, 6.45) is 3.00. The predicted molar refractivity (Wildman–Crippen MR) is 120 cm³/mol. The van der Waals surface area contributed by atoms with Crippen LogP contribution >= 0.6 is 27.3 Å². The largest absolute Gasteiger partial charge is 0.493 e. The summed E-state index contributed by atoms with van der Waals surface area (Å²) in [5, 5.41) is 6.02. The maximum absolute atomic E-state index is 13.5. The third-order valence-corrected chi connectivity index (χ3v) is 5.68. The monoisotopic (exact) mass is 485 g/mol. The second kappa shape index (κ2) is 8.68. The van der Waals surface area contributed by atoms with E-state index in [0.29, 0.717) is 28.0 Å². The molecule has 4 rings (SSSR count). The number of fused-ring (bicyclic) bond motifs is 1. The van der Waals surface area contributed by atoms with Crippen LogP contribution in [0.3, 0.4) is 0 Å². The van der Waals surface area contributed by atoms with Crippen LogP contribution in [-0.4, -0.2) is 31.3 Å². The van der Waals surface area contributed by atoms with Crippen LogP contribution < -0.4 is 14.5 Å². The van der Waals surface area contributed by atoms with E-state index in [4.69, 9.17) is 13.9 Å². The number of methoxy groups -OCH3 is 2. The highest BCUT2D eigenvalue weighted by Gasteiger charge is 2.25. The Kier molecular flexibility index (Phi) is 5.82. The number of furan rings is 1. The first-order valence-electron chi connectivity index (χ1n) is 8.79. The van der Waals surface area contributed by atoms with Gasteiger partial charge >= 0.3 is 0 Å². The fourth-order valence-electron chi connectivity index (χ4n) is 2.81. The van der Waals surface area contributed by atoms with Crippen LogP contribution in [-0.2, 0) is 0 Å². The normalized spacial score (nSPS) is 11.2. The van der Waals surface area contributed by atoms with Gasteiger partial charge in [-0.3, -0.25) is 4.79 Å². The number of ether oxygens (including phenoxy) is 2. The molecule has 152 valence electrons. The molecule has 0 spiro atoms. The van der Waals surface area contributed by atoms with Crippen LogP contribution in [0.4, 0.5) is 5.13 Å². The van der Waals surface area contributed by atoms with Crippen molar-refractivity contribution in [1.29, 1.82) is 0 Å². The molecule has 0 fully saturated rings. The highest BCUT2D eigenvalue weighted by atomic mass is 79.9. The lowest BCUT2D eigenvalue weighted by atomic mass is 10.1. The second-order valence-electron chi connectivity index (χ2n) is 6.03. The van der Waals surface area contributed by atoms with E-state index in [2.05, 4.69) is 26.0 Å². The van der Waals surface area contributed by atoms with Gasteiger partial charge in [-0.05, 0) is 42.5 Å². The Morgan fingerprint density at radius 2 is 2.07 bits per heavy atom. The Morgan fingerprint density at radius 3 is 2.80 bits per heavy atom. The maximum Gasteiger partial charge on any atom is 0.284 e. The smallest absolute Gasteiger partial charge is 0.284 e. The number of para-hydroxylation sites is 1. The van der Waals surface area contributed by atoms with Gasteiger partial charge in [0, 0.05) is 4.47 Å². The quantitative estimate of drug-likeness (QED) is 0.271. The van der Waals surface area contributed by atoms with Crippen molar-refractivity contribution in [3.8, 4) is 11.5 Å². The van der Waals surface area contributed by atoms with E-state index in [-0.39, 0.29) is 0 Å². The molecule has 7 nitrogen and oxygen atoms in total. The molecule has 4 aromatic rings. The van der Waals surface area contributed by atoms with Gasteiger partial charge in [-0.15, -0.1) is 0 Å². The van der Waals surface area contributed by atoms with Crippen molar-refractivity contribution in [3.05, 3.63) is 70.6 Å². The fourth-order valence-corrected chi connectivity index (χ4v) is 4.29. The van der Waals surface area contributed by atoms with Gasteiger partial charge in [0.2, 0.25) is 5.13 Å². The minimum absolute atomic E-state index is 0.300. The molecule has 1 amide bonds. The Bertz CT molecular complexity index is 1220. The molecule has 0 radical (unpaired) electrons. The first-order chi connectivity index (χ1) is 14.6. The summed E-state index contributed by atoms with van der Waals surface area (Å²) in [6.45, 7) is 0. The van der Waals surface area contributed by atoms with Crippen LogP contribution in [0.5, 0.6) is 11.5 Å². The molecule has 0 saturated carbocycles. The molecular weight excluding hydrogens is 470 g/mol. The number of carbonyl (C=O) groups excluding carboxylic acids is 1. The van der Waals surface area contributed by atoms with Gasteiger partial charge in [0.15, 0.2) is 11.5 Å². The zero-order valence-corrected chi connectivity index (χ0v) is 18.4. The van der Waals surface area contributed by atoms with Crippen molar-refractivity contribution in [2.45, 2.75) is 0 Å². The van der Waals surface area contributed by atoms with Crippen LogP contribution in [0.15, 0.2) is 68.8 Å². The fraction of sp³-hybridized carbons (Fsp3) is 0.0952. The predicted octanol–water partition coefficient (Wildman–Crippen LogP) is 5.35. The number of anilines is 1. The summed E-state index contributed by atoms with van der Waals surface area (Å²) >= 11 is 4.81. The average Bonchev–Trinajstić information content (AvgIpc) is 3.42. The van der Waals surface area contributed by atoms with E-state index in [1.807, 2.05) is 18.2 Å². The molecule has 2 heterocycles. The number of rotatable bonds is 6. The molecule has 0 saturated heterocycles. The Hall–Kier alpha value is -3.17. The standard InChI is InChI=1S/C21H16BrN3O4S/c1-27-17-7-3-6-15(19(17)28-2)20(26)25(23-12-14-5-4-10-29-14)21-24-16-9-8-13(22)11-18(16)30-21/h3-12H,1-2H3/b23-12+. The van der Waals surface area contributed by atoms with Crippen LogP contribution in [0.25, 0.3) is 10.2 Å². The molecule has 2 aromatic heterocycles. The molecule has 9 heteroatoms. The molecule has 2 aromatic carbocycles. The van der Waals surface area contributed by atoms with Crippen LogP contribution in [0, 0.1) is 0 Å². The average molecular weight is 486 g/mol. The van der Waals surface area contributed by atoms with E-state index in [1.165, 1.54) is 43.0 Å². The van der Waals surface area contributed by atoms with Crippen molar-refractivity contribution in [1.82, 2.24) is 4.98 Å². The molecule has 0 bridgehead atoms. The van der Waals surface area contributed by atoms with Gasteiger partial charge in [-0.2, -0.15) is 10.1 Å². The molecule has 0 aliphatic heterocycles.